The van der Waals surface area contributed by atoms with E-state index in [1.807, 2.05) is 13.8 Å². The smallest absolute Gasteiger partial charge is 0.303 e. The fourth-order valence-corrected chi connectivity index (χ4v) is 2.50. The van der Waals surface area contributed by atoms with Gasteiger partial charge in [-0.25, -0.2) is 4.68 Å². The molecule has 1 N–H and O–H groups in total. The Morgan fingerprint density at radius 3 is 2.95 bits per heavy atom. The van der Waals surface area contributed by atoms with Crippen LogP contribution in [0.5, 0.6) is 0 Å². The van der Waals surface area contributed by atoms with Gasteiger partial charge in [-0.2, -0.15) is 0 Å². The molecule has 9 heteroatoms. The third kappa shape index (κ3) is 3.11. The summed E-state index contributed by atoms with van der Waals surface area (Å²) < 4.78 is 5.52. The van der Waals surface area contributed by atoms with E-state index < -0.39 is 5.97 Å². The molecule has 0 spiro atoms. The summed E-state index contributed by atoms with van der Waals surface area (Å²) in [5.41, 5.74) is 0.854. The summed E-state index contributed by atoms with van der Waals surface area (Å²) in [6, 6.07) is 0. The van der Waals surface area contributed by atoms with Crippen molar-refractivity contribution in [1.82, 2.24) is 29.8 Å². The largest absolute Gasteiger partial charge is 0.481 e. The van der Waals surface area contributed by atoms with Crippen LogP contribution in [0.3, 0.4) is 0 Å². The fourth-order valence-electron chi connectivity index (χ4n) is 1.76. The van der Waals surface area contributed by atoms with Crippen LogP contribution < -0.4 is 0 Å². The molecule has 102 valence electrons. The van der Waals surface area contributed by atoms with Crippen LogP contribution in [0.2, 0.25) is 0 Å². The van der Waals surface area contributed by atoms with Crippen LogP contribution >= 0.6 is 11.5 Å². The molecule has 19 heavy (non-hydrogen) atoms. The highest BCUT2D eigenvalue weighted by atomic mass is 32.1. The third-order valence-electron chi connectivity index (χ3n) is 2.63. The molecule has 0 fully saturated rings. The van der Waals surface area contributed by atoms with E-state index in [0.29, 0.717) is 12.4 Å². The van der Waals surface area contributed by atoms with Crippen LogP contribution in [-0.2, 0) is 17.8 Å². The Hall–Kier alpha value is -1.90. The third-order valence-corrected chi connectivity index (χ3v) is 3.40. The maximum Gasteiger partial charge on any atom is 0.303 e. The highest BCUT2D eigenvalue weighted by molar-refractivity contribution is 7.09. The second-order valence-electron chi connectivity index (χ2n) is 4.29. The first kappa shape index (κ1) is 13.5. The van der Waals surface area contributed by atoms with Gasteiger partial charge in [0.25, 0.3) is 0 Å². The fraction of sp³-hybridized carbons (Fsp3) is 0.600. The van der Waals surface area contributed by atoms with E-state index in [1.165, 1.54) is 11.5 Å². The number of aliphatic carboxylic acids is 1. The molecule has 2 rings (SSSR count). The van der Waals surface area contributed by atoms with Crippen LogP contribution in [0.4, 0.5) is 0 Å². The van der Waals surface area contributed by atoms with Gasteiger partial charge in [0.2, 0.25) is 0 Å². The van der Waals surface area contributed by atoms with Gasteiger partial charge >= 0.3 is 5.97 Å². The maximum atomic E-state index is 10.7. The molecular formula is C10H14N6O2S. The van der Waals surface area contributed by atoms with Crippen molar-refractivity contribution >= 4 is 17.5 Å². The number of nitrogens with zero attached hydrogens (tertiary/aromatic N) is 6. The molecule has 2 aromatic heterocycles. The minimum Gasteiger partial charge on any atom is -0.481 e. The van der Waals surface area contributed by atoms with Gasteiger partial charge in [-0.15, -0.1) is 10.2 Å². The highest BCUT2D eigenvalue weighted by Gasteiger charge is 2.18. The van der Waals surface area contributed by atoms with Crippen molar-refractivity contribution in [2.24, 2.45) is 5.92 Å². The zero-order valence-corrected chi connectivity index (χ0v) is 11.5. The maximum absolute atomic E-state index is 10.7. The normalized spacial score (nSPS) is 12.5. The van der Waals surface area contributed by atoms with E-state index in [9.17, 15) is 4.79 Å². The van der Waals surface area contributed by atoms with Gasteiger partial charge in [0.05, 0.1) is 5.69 Å². The molecule has 0 saturated carbocycles. The van der Waals surface area contributed by atoms with Crippen molar-refractivity contribution in [3.63, 3.8) is 0 Å². The van der Waals surface area contributed by atoms with Gasteiger partial charge in [0.15, 0.2) is 5.82 Å². The predicted octanol–water partition coefficient (Wildman–Crippen LogP) is 0.865. The van der Waals surface area contributed by atoms with E-state index in [2.05, 4.69) is 25.1 Å². The molecule has 2 aromatic rings. The zero-order valence-electron chi connectivity index (χ0n) is 10.6. The first-order valence-corrected chi connectivity index (χ1v) is 6.68. The molecule has 0 aliphatic rings. The Labute approximate surface area is 113 Å². The summed E-state index contributed by atoms with van der Waals surface area (Å²) in [7, 11) is 0. The summed E-state index contributed by atoms with van der Waals surface area (Å²) in [6.45, 7) is 4.29. The molecule has 0 amide bonds. The first-order chi connectivity index (χ1) is 9.11. The van der Waals surface area contributed by atoms with Gasteiger partial charge in [-0.05, 0) is 34.3 Å². The van der Waals surface area contributed by atoms with Crippen LogP contribution in [0.1, 0.15) is 26.0 Å². The molecule has 0 aromatic carbocycles. The molecule has 1 atom stereocenters. The Balaban J connectivity index is 2.20. The van der Waals surface area contributed by atoms with Crippen molar-refractivity contribution in [2.45, 2.75) is 33.2 Å². The molecule has 0 radical (unpaired) electrons. The number of carboxylic acids is 1. The average molecular weight is 282 g/mol. The van der Waals surface area contributed by atoms with E-state index in [1.54, 1.807) is 4.68 Å². The second-order valence-corrected chi connectivity index (χ2v) is 5.04. The number of carbonyl (C=O) groups is 1. The number of aromatic nitrogens is 6. The van der Waals surface area contributed by atoms with Gasteiger partial charge in [-0.3, -0.25) is 4.79 Å². The van der Waals surface area contributed by atoms with Crippen molar-refractivity contribution in [1.29, 1.82) is 0 Å². The Morgan fingerprint density at radius 1 is 1.47 bits per heavy atom. The monoisotopic (exact) mass is 282 g/mol. The number of rotatable bonds is 6. The lowest BCUT2D eigenvalue weighted by Crippen LogP contribution is -2.14. The molecule has 0 aliphatic carbocycles. The summed E-state index contributed by atoms with van der Waals surface area (Å²) in [5, 5.41) is 24.3. The van der Waals surface area contributed by atoms with Crippen LogP contribution in [0, 0.1) is 5.92 Å². The topological polar surface area (TPSA) is 107 Å². The van der Waals surface area contributed by atoms with E-state index >= 15 is 0 Å². The van der Waals surface area contributed by atoms with Gasteiger partial charge < -0.3 is 5.11 Å². The molecule has 0 aliphatic heterocycles. The number of hydrogen-bond acceptors (Lipinski definition) is 7. The molecule has 0 bridgehead atoms. The van der Waals surface area contributed by atoms with Gasteiger partial charge in [-0.1, -0.05) is 18.3 Å². The van der Waals surface area contributed by atoms with E-state index in [0.717, 1.165) is 17.0 Å². The minimum atomic E-state index is -0.823. The van der Waals surface area contributed by atoms with Crippen LogP contribution in [0.15, 0.2) is 0 Å². The second kappa shape index (κ2) is 5.83. The molecular weight excluding hydrogens is 268 g/mol. The predicted molar refractivity (Wildman–Crippen MR) is 67.5 cm³/mol. The zero-order chi connectivity index (χ0) is 13.8. The van der Waals surface area contributed by atoms with Gasteiger partial charge in [0.1, 0.15) is 4.88 Å². The lowest BCUT2D eigenvalue weighted by molar-refractivity contribution is -0.138. The Morgan fingerprint density at radius 2 is 2.26 bits per heavy atom. The lowest BCUT2D eigenvalue weighted by atomic mass is 10.1. The van der Waals surface area contributed by atoms with Crippen molar-refractivity contribution in [3.05, 3.63) is 5.69 Å². The Bertz CT molecular complexity index is 566. The van der Waals surface area contributed by atoms with Crippen molar-refractivity contribution in [2.75, 3.05) is 0 Å². The summed E-state index contributed by atoms with van der Waals surface area (Å²) in [4.78, 5) is 11.5. The number of tetrazole rings is 1. The SMILES string of the molecule is CCc1nnsc1-c1nnnn1CC(C)CC(=O)O. The molecule has 2 heterocycles. The first-order valence-electron chi connectivity index (χ1n) is 5.91. The minimum absolute atomic E-state index is 0.0503. The summed E-state index contributed by atoms with van der Waals surface area (Å²) in [6.07, 6.45) is 0.838. The summed E-state index contributed by atoms with van der Waals surface area (Å²) in [5.74, 6) is -0.273. The summed E-state index contributed by atoms with van der Waals surface area (Å²) >= 11 is 1.25. The Kier molecular flexibility index (Phi) is 4.15. The van der Waals surface area contributed by atoms with E-state index in [-0.39, 0.29) is 12.3 Å². The van der Waals surface area contributed by atoms with Crippen LogP contribution in [0.25, 0.3) is 10.7 Å². The standard InChI is InChI=1S/C10H14N6O2S/c1-3-7-9(19-15-11-7)10-12-13-14-16(10)5-6(2)4-8(17)18/h6H,3-5H2,1-2H3,(H,17,18). The van der Waals surface area contributed by atoms with Gasteiger partial charge in [0, 0.05) is 13.0 Å². The quantitative estimate of drug-likeness (QED) is 0.837. The molecule has 1 unspecified atom stereocenters. The number of carboxylic acid groups (broad SMARTS) is 1. The average Bonchev–Trinajstić information content (AvgIpc) is 2.94. The highest BCUT2D eigenvalue weighted by Crippen LogP contribution is 2.24. The lowest BCUT2D eigenvalue weighted by Gasteiger charge is -2.09. The number of hydrogen-bond donors (Lipinski definition) is 1. The number of aryl methyl sites for hydroxylation is 1. The van der Waals surface area contributed by atoms with Crippen molar-refractivity contribution < 1.29 is 9.90 Å². The molecule has 8 nitrogen and oxygen atoms in total. The van der Waals surface area contributed by atoms with Crippen LogP contribution in [-0.4, -0.2) is 40.9 Å². The molecule has 0 saturated heterocycles. The van der Waals surface area contributed by atoms with E-state index in [4.69, 9.17) is 5.11 Å². The van der Waals surface area contributed by atoms with Crippen molar-refractivity contribution in [3.8, 4) is 10.7 Å².